The highest BCUT2D eigenvalue weighted by Crippen LogP contribution is 2.11. The van der Waals surface area contributed by atoms with Crippen LogP contribution in [0.1, 0.15) is 18.4 Å². The largest absolute Gasteiger partial charge is 0.302 e. The topological polar surface area (TPSA) is 49.4 Å². The predicted molar refractivity (Wildman–Crippen MR) is 80.4 cm³/mol. The third kappa shape index (κ3) is 5.22. The first-order valence-electron chi connectivity index (χ1n) is 6.49. The van der Waals surface area contributed by atoms with E-state index < -0.39 is 10.0 Å². The lowest BCUT2D eigenvalue weighted by molar-refractivity contribution is 0.358. The number of nitrogens with one attached hydrogen (secondary N) is 1. The van der Waals surface area contributed by atoms with Gasteiger partial charge in [0.1, 0.15) is 0 Å². The predicted octanol–water partition coefficient (Wildman–Crippen LogP) is 1.96. The Morgan fingerprint density at radius 3 is 2.42 bits per heavy atom. The average Bonchev–Trinajstić information content (AvgIpc) is 2.89. The van der Waals surface area contributed by atoms with Crippen LogP contribution in [0.2, 0.25) is 0 Å². The number of hydrogen-bond donors (Lipinski definition) is 1. The van der Waals surface area contributed by atoms with Crippen LogP contribution in [-0.2, 0) is 16.6 Å². The second-order valence-corrected chi connectivity index (χ2v) is 7.66. The van der Waals surface area contributed by atoms with Gasteiger partial charge in [-0.1, -0.05) is 28.1 Å². The van der Waals surface area contributed by atoms with Gasteiger partial charge in [-0.25, -0.2) is 13.1 Å². The minimum atomic E-state index is -3.18. The van der Waals surface area contributed by atoms with E-state index >= 15 is 0 Å². The van der Waals surface area contributed by atoms with Gasteiger partial charge in [0.2, 0.25) is 10.0 Å². The van der Waals surface area contributed by atoms with E-state index in [1.807, 2.05) is 24.3 Å². The normalized spacial score (nSPS) is 16.9. The van der Waals surface area contributed by atoms with Crippen LogP contribution < -0.4 is 4.72 Å². The lowest BCUT2D eigenvalue weighted by atomic mass is 10.2. The van der Waals surface area contributed by atoms with E-state index in [4.69, 9.17) is 0 Å². The number of halogens is 1. The molecule has 1 N–H and O–H groups in total. The molecule has 1 aliphatic heterocycles. The average molecular weight is 347 g/mol. The molecule has 0 amide bonds. The Kier molecular flexibility index (Phi) is 5.38. The molecule has 0 saturated carbocycles. The van der Waals surface area contributed by atoms with Crippen molar-refractivity contribution in [2.75, 3.05) is 25.4 Å². The molecule has 1 fully saturated rings. The first-order chi connectivity index (χ1) is 9.05. The molecule has 19 heavy (non-hydrogen) atoms. The maximum Gasteiger partial charge on any atom is 0.213 e. The Morgan fingerprint density at radius 1 is 1.16 bits per heavy atom. The van der Waals surface area contributed by atoms with E-state index in [0.717, 1.165) is 23.1 Å². The van der Waals surface area contributed by atoms with Crippen LogP contribution in [0.25, 0.3) is 0 Å². The molecule has 1 heterocycles. The highest BCUT2D eigenvalue weighted by molar-refractivity contribution is 9.10. The first kappa shape index (κ1) is 15.0. The van der Waals surface area contributed by atoms with Gasteiger partial charge in [0, 0.05) is 17.6 Å². The van der Waals surface area contributed by atoms with E-state index in [0.29, 0.717) is 13.1 Å². The molecule has 0 unspecified atom stereocenters. The van der Waals surface area contributed by atoms with Crippen molar-refractivity contribution in [2.24, 2.45) is 0 Å². The van der Waals surface area contributed by atoms with E-state index in [2.05, 4.69) is 25.6 Å². The van der Waals surface area contributed by atoms with Crippen LogP contribution in [0.3, 0.4) is 0 Å². The van der Waals surface area contributed by atoms with E-state index in [1.165, 1.54) is 12.8 Å². The molecule has 106 valence electrons. The van der Waals surface area contributed by atoms with Gasteiger partial charge in [-0.15, -0.1) is 0 Å². The van der Waals surface area contributed by atoms with Crippen LogP contribution in [0.15, 0.2) is 28.7 Å². The molecule has 2 rings (SSSR count). The molecule has 1 saturated heterocycles. The zero-order chi connectivity index (χ0) is 13.7. The van der Waals surface area contributed by atoms with Gasteiger partial charge in [-0.05, 0) is 43.6 Å². The van der Waals surface area contributed by atoms with Gasteiger partial charge in [0.15, 0.2) is 0 Å². The third-order valence-corrected chi connectivity index (χ3v) is 5.12. The molecule has 6 heteroatoms. The Hall–Kier alpha value is -0.430. The van der Waals surface area contributed by atoms with Crippen molar-refractivity contribution in [1.29, 1.82) is 0 Å². The van der Waals surface area contributed by atoms with E-state index in [-0.39, 0.29) is 5.75 Å². The zero-order valence-electron chi connectivity index (χ0n) is 10.8. The van der Waals surface area contributed by atoms with Crippen molar-refractivity contribution in [3.63, 3.8) is 0 Å². The Labute approximate surface area is 123 Å². The summed E-state index contributed by atoms with van der Waals surface area (Å²) in [5, 5.41) is 0. The number of sulfonamides is 1. The Balaban J connectivity index is 1.78. The minimum absolute atomic E-state index is 0.184. The number of likely N-dealkylation sites (tertiary alicyclic amines) is 1. The molecule has 0 radical (unpaired) electrons. The summed E-state index contributed by atoms with van der Waals surface area (Å²) in [5.41, 5.74) is 0.966. The highest BCUT2D eigenvalue weighted by atomic mass is 79.9. The molecule has 0 spiro atoms. The molecule has 0 atom stereocenters. The quantitative estimate of drug-likeness (QED) is 0.856. The number of nitrogens with zero attached hydrogens (tertiary/aromatic N) is 1. The zero-order valence-corrected chi connectivity index (χ0v) is 13.2. The fourth-order valence-corrected chi connectivity index (χ4v) is 3.42. The molecule has 0 bridgehead atoms. The maximum absolute atomic E-state index is 11.9. The smallest absolute Gasteiger partial charge is 0.213 e. The summed E-state index contributed by atoms with van der Waals surface area (Å²) in [7, 11) is -3.18. The minimum Gasteiger partial charge on any atom is -0.302 e. The van der Waals surface area contributed by atoms with Crippen molar-refractivity contribution < 1.29 is 8.42 Å². The molecular weight excluding hydrogens is 328 g/mol. The maximum atomic E-state index is 11.9. The molecule has 1 aromatic carbocycles. The van der Waals surface area contributed by atoms with Crippen molar-refractivity contribution in [3.05, 3.63) is 34.3 Å². The van der Waals surface area contributed by atoms with Crippen LogP contribution in [0, 0.1) is 0 Å². The number of benzene rings is 1. The fourth-order valence-electron chi connectivity index (χ4n) is 2.12. The summed E-state index contributed by atoms with van der Waals surface area (Å²) < 4.78 is 27.4. The standard InChI is InChI=1S/C13H19BrN2O2S/c14-13-5-3-12(4-6-13)11-15-19(17,18)10-9-16-7-1-2-8-16/h3-6,15H,1-2,7-11H2. The fraction of sp³-hybridized carbons (Fsp3) is 0.538. The summed E-state index contributed by atoms with van der Waals surface area (Å²) in [6.45, 7) is 3.05. The molecule has 0 aliphatic carbocycles. The molecular formula is C13H19BrN2O2S. The lowest BCUT2D eigenvalue weighted by Crippen LogP contribution is -2.33. The second kappa shape index (κ2) is 6.83. The second-order valence-electron chi connectivity index (χ2n) is 4.82. The van der Waals surface area contributed by atoms with Crippen molar-refractivity contribution in [2.45, 2.75) is 19.4 Å². The van der Waals surface area contributed by atoms with Crippen molar-refractivity contribution >= 4 is 26.0 Å². The summed E-state index contributed by atoms with van der Waals surface area (Å²) in [5.74, 6) is 0.184. The van der Waals surface area contributed by atoms with Gasteiger partial charge in [0.25, 0.3) is 0 Å². The monoisotopic (exact) mass is 346 g/mol. The van der Waals surface area contributed by atoms with Gasteiger partial charge < -0.3 is 4.90 Å². The SMILES string of the molecule is O=S(=O)(CCN1CCCC1)NCc1ccc(Br)cc1. The molecule has 4 nitrogen and oxygen atoms in total. The molecule has 1 aliphatic rings. The summed E-state index contributed by atoms with van der Waals surface area (Å²) >= 11 is 3.35. The summed E-state index contributed by atoms with van der Waals surface area (Å²) in [6, 6.07) is 7.64. The van der Waals surface area contributed by atoms with Crippen LogP contribution in [0.5, 0.6) is 0 Å². The van der Waals surface area contributed by atoms with Gasteiger partial charge >= 0.3 is 0 Å². The van der Waals surface area contributed by atoms with E-state index in [9.17, 15) is 8.42 Å². The Morgan fingerprint density at radius 2 is 1.79 bits per heavy atom. The highest BCUT2D eigenvalue weighted by Gasteiger charge is 2.16. The van der Waals surface area contributed by atoms with Crippen molar-refractivity contribution in [3.8, 4) is 0 Å². The number of hydrogen-bond acceptors (Lipinski definition) is 3. The van der Waals surface area contributed by atoms with Gasteiger partial charge in [-0.2, -0.15) is 0 Å². The first-order valence-corrected chi connectivity index (χ1v) is 8.94. The third-order valence-electron chi connectivity index (χ3n) is 3.28. The Bertz CT molecular complexity index is 496. The molecule has 0 aromatic heterocycles. The van der Waals surface area contributed by atoms with Crippen LogP contribution in [-0.4, -0.2) is 38.7 Å². The van der Waals surface area contributed by atoms with Gasteiger partial charge in [0.05, 0.1) is 5.75 Å². The number of rotatable bonds is 6. The van der Waals surface area contributed by atoms with Crippen LogP contribution in [0.4, 0.5) is 0 Å². The lowest BCUT2D eigenvalue weighted by Gasteiger charge is -2.14. The summed E-state index contributed by atoms with van der Waals surface area (Å²) in [4.78, 5) is 2.21. The van der Waals surface area contributed by atoms with Crippen molar-refractivity contribution in [1.82, 2.24) is 9.62 Å². The van der Waals surface area contributed by atoms with Crippen LogP contribution >= 0.6 is 15.9 Å². The van der Waals surface area contributed by atoms with Gasteiger partial charge in [-0.3, -0.25) is 0 Å². The summed E-state index contributed by atoms with van der Waals surface area (Å²) in [6.07, 6.45) is 2.37. The van der Waals surface area contributed by atoms with E-state index in [1.54, 1.807) is 0 Å². The molecule has 1 aromatic rings.